The third-order valence-electron chi connectivity index (χ3n) is 3.39. The molecule has 3 rings (SSSR count). The lowest BCUT2D eigenvalue weighted by Gasteiger charge is -2.09. The molecular weight excluding hydrogens is 396 g/mol. The van der Waals surface area contributed by atoms with Crippen LogP contribution in [-0.2, 0) is 0 Å². The average Bonchev–Trinajstić information content (AvgIpc) is 2.66. The molecule has 0 fully saturated rings. The molecule has 2 aromatic heterocycles. The van der Waals surface area contributed by atoms with Crippen LogP contribution < -0.4 is 16.0 Å². The van der Waals surface area contributed by atoms with Crippen LogP contribution in [0.5, 0.6) is 0 Å². The Hall–Kier alpha value is -3.00. The number of hydrogen-bond acceptors (Lipinski definition) is 6. The van der Waals surface area contributed by atoms with Gasteiger partial charge in [0.1, 0.15) is 23.8 Å². The highest BCUT2D eigenvalue weighted by molar-refractivity contribution is 9.10. The van der Waals surface area contributed by atoms with Crippen LogP contribution in [0.3, 0.4) is 0 Å². The molecule has 0 bridgehead atoms. The number of benzene rings is 1. The van der Waals surface area contributed by atoms with Crippen molar-refractivity contribution >= 4 is 39.3 Å². The van der Waals surface area contributed by atoms with E-state index in [9.17, 15) is 4.79 Å². The zero-order chi connectivity index (χ0) is 18.2. The third kappa shape index (κ3) is 5.25. The molecule has 8 heteroatoms. The van der Waals surface area contributed by atoms with Crippen LogP contribution in [-0.4, -0.2) is 33.9 Å². The molecule has 0 atom stereocenters. The summed E-state index contributed by atoms with van der Waals surface area (Å²) in [5.41, 5.74) is 0.614. The predicted octanol–water partition coefficient (Wildman–Crippen LogP) is 3.22. The minimum atomic E-state index is -0.117. The maximum atomic E-state index is 12.1. The van der Waals surface area contributed by atoms with Gasteiger partial charge in [-0.05, 0) is 30.3 Å². The minimum Gasteiger partial charge on any atom is -0.368 e. The van der Waals surface area contributed by atoms with E-state index in [-0.39, 0.29) is 5.91 Å². The zero-order valence-corrected chi connectivity index (χ0v) is 15.4. The van der Waals surface area contributed by atoms with Crippen molar-refractivity contribution in [1.82, 2.24) is 20.3 Å². The highest BCUT2D eigenvalue weighted by Gasteiger charge is 2.05. The van der Waals surface area contributed by atoms with Gasteiger partial charge in [0, 0.05) is 35.4 Å². The molecular formula is C18H17BrN6O. The maximum absolute atomic E-state index is 12.1. The first kappa shape index (κ1) is 17.8. The van der Waals surface area contributed by atoms with Crippen molar-refractivity contribution in [1.29, 1.82) is 0 Å². The monoisotopic (exact) mass is 412 g/mol. The Bertz CT molecular complexity index is 874. The summed E-state index contributed by atoms with van der Waals surface area (Å²) >= 11 is 3.36. The van der Waals surface area contributed by atoms with Gasteiger partial charge in [-0.3, -0.25) is 4.79 Å². The lowest BCUT2D eigenvalue weighted by molar-refractivity contribution is 0.0955. The van der Waals surface area contributed by atoms with E-state index in [1.165, 1.54) is 6.33 Å². The first-order valence-corrected chi connectivity index (χ1v) is 8.78. The smallest absolute Gasteiger partial charge is 0.251 e. The van der Waals surface area contributed by atoms with E-state index in [4.69, 9.17) is 0 Å². The molecule has 2 heterocycles. The summed E-state index contributed by atoms with van der Waals surface area (Å²) in [5, 5.41) is 9.12. The van der Waals surface area contributed by atoms with Gasteiger partial charge in [-0.15, -0.1) is 0 Å². The largest absolute Gasteiger partial charge is 0.368 e. The number of pyridine rings is 1. The van der Waals surface area contributed by atoms with Crippen molar-refractivity contribution < 1.29 is 4.79 Å². The van der Waals surface area contributed by atoms with Crippen LogP contribution in [0.25, 0.3) is 0 Å². The van der Waals surface area contributed by atoms with Crippen LogP contribution in [0, 0.1) is 0 Å². The maximum Gasteiger partial charge on any atom is 0.251 e. The number of rotatable bonds is 7. The molecule has 0 saturated carbocycles. The summed E-state index contributed by atoms with van der Waals surface area (Å²) in [6, 6.07) is 14.6. The van der Waals surface area contributed by atoms with E-state index in [0.717, 1.165) is 4.47 Å². The van der Waals surface area contributed by atoms with E-state index in [2.05, 4.69) is 46.8 Å². The number of carbonyl (C=O) groups excluding carboxylic acids is 1. The molecule has 1 amide bonds. The van der Waals surface area contributed by atoms with Crippen molar-refractivity contribution in [3.63, 3.8) is 0 Å². The van der Waals surface area contributed by atoms with Gasteiger partial charge in [0.2, 0.25) is 0 Å². The summed E-state index contributed by atoms with van der Waals surface area (Å²) in [6.45, 7) is 1.01. The first-order chi connectivity index (χ1) is 12.7. The standard InChI is InChI=1S/C18H17BrN6O/c19-14-5-3-4-13(10-14)18(26)22-9-8-21-16-11-17(24-12-23-16)25-15-6-1-2-7-20-15/h1-7,10-12H,8-9H2,(H,22,26)(H2,20,21,23,24,25). The SMILES string of the molecule is O=C(NCCNc1cc(Nc2ccccn2)ncn1)c1cccc(Br)c1. The number of amides is 1. The number of nitrogens with zero attached hydrogens (tertiary/aromatic N) is 3. The number of anilines is 3. The van der Waals surface area contributed by atoms with Crippen molar-refractivity contribution in [2.45, 2.75) is 0 Å². The fraction of sp³-hybridized carbons (Fsp3) is 0.111. The fourth-order valence-electron chi connectivity index (χ4n) is 2.19. The molecule has 3 aromatic rings. The van der Waals surface area contributed by atoms with Crippen LogP contribution in [0.15, 0.2) is 65.5 Å². The molecule has 1 aromatic carbocycles. The second-order valence-electron chi connectivity index (χ2n) is 5.32. The average molecular weight is 413 g/mol. The Balaban J connectivity index is 1.48. The second kappa shape index (κ2) is 8.91. The van der Waals surface area contributed by atoms with Crippen molar-refractivity contribution in [3.05, 3.63) is 71.1 Å². The minimum absolute atomic E-state index is 0.117. The summed E-state index contributed by atoms with van der Waals surface area (Å²) in [4.78, 5) is 24.6. The van der Waals surface area contributed by atoms with Gasteiger partial charge < -0.3 is 16.0 Å². The summed E-state index contributed by atoms with van der Waals surface area (Å²) in [6.07, 6.45) is 3.17. The number of carbonyl (C=O) groups is 1. The lowest BCUT2D eigenvalue weighted by Crippen LogP contribution is -2.28. The number of nitrogens with one attached hydrogen (secondary N) is 3. The van der Waals surface area contributed by atoms with Crippen LogP contribution in [0.1, 0.15) is 10.4 Å². The van der Waals surface area contributed by atoms with Crippen molar-refractivity contribution in [3.8, 4) is 0 Å². The molecule has 132 valence electrons. The van der Waals surface area contributed by atoms with Crippen LogP contribution in [0.2, 0.25) is 0 Å². The predicted molar refractivity (Wildman–Crippen MR) is 105 cm³/mol. The molecule has 0 aliphatic rings. The highest BCUT2D eigenvalue weighted by atomic mass is 79.9. The molecule has 0 unspecified atom stereocenters. The molecule has 0 spiro atoms. The molecule has 0 aliphatic heterocycles. The third-order valence-corrected chi connectivity index (χ3v) is 3.88. The Morgan fingerprint density at radius 1 is 0.923 bits per heavy atom. The highest BCUT2D eigenvalue weighted by Crippen LogP contribution is 2.13. The molecule has 0 saturated heterocycles. The Morgan fingerprint density at radius 3 is 2.62 bits per heavy atom. The fourth-order valence-corrected chi connectivity index (χ4v) is 2.59. The van der Waals surface area contributed by atoms with E-state index >= 15 is 0 Å². The number of aromatic nitrogens is 3. The molecule has 0 aliphatic carbocycles. The van der Waals surface area contributed by atoms with Crippen molar-refractivity contribution in [2.75, 3.05) is 23.7 Å². The van der Waals surface area contributed by atoms with Gasteiger partial charge in [-0.25, -0.2) is 15.0 Å². The van der Waals surface area contributed by atoms with Crippen LogP contribution >= 0.6 is 15.9 Å². The zero-order valence-electron chi connectivity index (χ0n) is 13.8. The lowest BCUT2D eigenvalue weighted by atomic mass is 10.2. The quantitative estimate of drug-likeness (QED) is 0.516. The van der Waals surface area contributed by atoms with E-state index in [1.54, 1.807) is 24.4 Å². The van der Waals surface area contributed by atoms with Crippen molar-refractivity contribution in [2.24, 2.45) is 0 Å². The molecule has 26 heavy (non-hydrogen) atoms. The summed E-state index contributed by atoms with van der Waals surface area (Å²) in [5.74, 6) is 1.89. The topological polar surface area (TPSA) is 91.8 Å². The molecule has 0 radical (unpaired) electrons. The Labute approximate surface area is 159 Å². The normalized spacial score (nSPS) is 10.2. The van der Waals surface area contributed by atoms with Gasteiger partial charge >= 0.3 is 0 Å². The molecule has 3 N–H and O–H groups in total. The first-order valence-electron chi connectivity index (χ1n) is 7.98. The summed E-state index contributed by atoms with van der Waals surface area (Å²) in [7, 11) is 0. The van der Waals surface area contributed by atoms with E-state index < -0.39 is 0 Å². The number of halogens is 1. The molecule has 7 nitrogen and oxygen atoms in total. The van der Waals surface area contributed by atoms with Crippen LogP contribution in [0.4, 0.5) is 17.5 Å². The Morgan fingerprint density at radius 2 is 1.81 bits per heavy atom. The second-order valence-corrected chi connectivity index (χ2v) is 6.24. The van der Waals surface area contributed by atoms with Gasteiger partial charge in [-0.2, -0.15) is 0 Å². The van der Waals surface area contributed by atoms with Gasteiger partial charge in [0.25, 0.3) is 5.91 Å². The van der Waals surface area contributed by atoms with Gasteiger partial charge in [0.05, 0.1) is 0 Å². The number of hydrogen-bond donors (Lipinski definition) is 3. The summed E-state index contributed by atoms with van der Waals surface area (Å²) < 4.78 is 0.872. The van der Waals surface area contributed by atoms with E-state index in [0.29, 0.717) is 36.1 Å². The van der Waals surface area contributed by atoms with Gasteiger partial charge in [0.15, 0.2) is 0 Å². The van der Waals surface area contributed by atoms with E-state index in [1.807, 2.05) is 30.3 Å². The Kier molecular flexibility index (Phi) is 6.10. The van der Waals surface area contributed by atoms with Gasteiger partial charge in [-0.1, -0.05) is 28.1 Å².